The molecule has 3 fully saturated rings. The van der Waals surface area contributed by atoms with Gasteiger partial charge in [0.15, 0.2) is 0 Å². The highest BCUT2D eigenvalue weighted by atomic mass is 16.4. The molecule has 35 heavy (non-hydrogen) atoms. The summed E-state index contributed by atoms with van der Waals surface area (Å²) in [6.07, 6.45) is 18.7. The van der Waals surface area contributed by atoms with E-state index >= 15 is 0 Å². The highest BCUT2D eigenvalue weighted by Gasteiger charge is 2.74. The lowest BCUT2D eigenvalue weighted by Gasteiger charge is -2.59. The molecule has 3 saturated carbocycles. The fourth-order valence-corrected chi connectivity index (χ4v) is 9.57. The van der Waals surface area contributed by atoms with E-state index in [1.54, 1.807) is 0 Å². The van der Waals surface area contributed by atoms with Gasteiger partial charge in [-0.1, -0.05) is 57.9 Å². The number of carbonyl (C=O) groups is 1. The fraction of sp³-hybridized carbons (Fsp3) is 0.774. The van der Waals surface area contributed by atoms with E-state index in [4.69, 9.17) is 5.11 Å². The van der Waals surface area contributed by atoms with Gasteiger partial charge in [0, 0.05) is 11.8 Å². The monoisotopic (exact) mass is 482 g/mol. The number of carboxylic acids is 1. The normalized spacial score (nSPS) is 37.0. The van der Waals surface area contributed by atoms with Crippen molar-refractivity contribution in [3.8, 4) is 5.75 Å². The maximum absolute atomic E-state index is 11.7. The van der Waals surface area contributed by atoms with Gasteiger partial charge in [-0.2, -0.15) is 0 Å². The number of fused-ring (bicyclic) bond motifs is 3. The summed E-state index contributed by atoms with van der Waals surface area (Å²) >= 11 is 0. The van der Waals surface area contributed by atoms with Crippen LogP contribution < -0.4 is 0 Å². The van der Waals surface area contributed by atoms with Crippen LogP contribution in [0.2, 0.25) is 0 Å². The summed E-state index contributed by atoms with van der Waals surface area (Å²) < 4.78 is 0. The molecule has 1 aromatic carbocycles. The molecule has 0 heterocycles. The Labute approximate surface area is 211 Å². The lowest BCUT2D eigenvalue weighted by molar-refractivity contribution is -0.137. The van der Waals surface area contributed by atoms with Crippen LogP contribution in [-0.2, 0) is 11.2 Å². The quantitative estimate of drug-likeness (QED) is 0.288. The summed E-state index contributed by atoms with van der Waals surface area (Å²) in [5, 5.41) is 30.6. The van der Waals surface area contributed by atoms with Gasteiger partial charge in [-0.25, -0.2) is 0 Å². The molecule has 194 valence electrons. The lowest BCUT2D eigenvalue weighted by Crippen LogP contribution is -2.54. The Hall–Kier alpha value is -1.55. The minimum Gasteiger partial charge on any atom is -0.508 e. The van der Waals surface area contributed by atoms with E-state index in [1.807, 2.05) is 12.1 Å². The van der Waals surface area contributed by atoms with Crippen LogP contribution in [0.3, 0.4) is 0 Å². The molecule has 1 aromatic rings. The van der Waals surface area contributed by atoms with E-state index < -0.39 is 11.6 Å². The van der Waals surface area contributed by atoms with Crippen LogP contribution in [0.15, 0.2) is 18.2 Å². The number of aliphatic hydroxyl groups is 1. The highest BCUT2D eigenvalue weighted by molar-refractivity contribution is 5.66. The number of hydrogen-bond acceptors (Lipinski definition) is 3. The standard InChI is InChI=1S/C31H46O4/c1-29-21-23(10-8-6-4-2-3-5-7-9-11-27(33)34)28-25-14-13-24(32)20-22(25)12-15-26(28)30(29)16-18-31(29,35)19-17-30/h13-14,20,23,26,28,32,35H,2-12,15-19,21H2,1H3,(H,33,34)/t23-,26+,28+,29-,30?,31?/m0/s1. The molecule has 4 aliphatic carbocycles. The first kappa shape index (κ1) is 25.1. The summed E-state index contributed by atoms with van der Waals surface area (Å²) in [6, 6.07) is 6.15. The number of hydrogen-bond donors (Lipinski definition) is 3. The van der Waals surface area contributed by atoms with Gasteiger partial charge < -0.3 is 15.3 Å². The van der Waals surface area contributed by atoms with Crippen LogP contribution in [0.25, 0.3) is 0 Å². The minimum absolute atomic E-state index is 0.0657. The highest BCUT2D eigenvalue weighted by Crippen LogP contribution is 2.78. The fourth-order valence-electron chi connectivity index (χ4n) is 9.57. The predicted octanol–water partition coefficient (Wildman–Crippen LogP) is 7.36. The van der Waals surface area contributed by atoms with E-state index in [0.29, 0.717) is 35.3 Å². The van der Waals surface area contributed by atoms with Gasteiger partial charge in [-0.15, -0.1) is 0 Å². The van der Waals surface area contributed by atoms with Crippen LogP contribution >= 0.6 is 0 Å². The van der Waals surface area contributed by atoms with Crippen LogP contribution in [0.1, 0.15) is 127 Å². The lowest BCUT2D eigenvalue weighted by atomic mass is 9.45. The van der Waals surface area contributed by atoms with Gasteiger partial charge in [-0.3, -0.25) is 4.79 Å². The van der Waals surface area contributed by atoms with Gasteiger partial charge >= 0.3 is 5.97 Å². The third-order valence-corrected chi connectivity index (χ3v) is 11.3. The zero-order valence-electron chi connectivity index (χ0n) is 21.7. The maximum atomic E-state index is 11.7. The Kier molecular flexibility index (Phi) is 6.98. The Morgan fingerprint density at radius 3 is 2.31 bits per heavy atom. The number of carboxylic acid groups (broad SMARTS) is 1. The van der Waals surface area contributed by atoms with Gasteiger partial charge in [0.05, 0.1) is 5.60 Å². The zero-order chi connectivity index (χ0) is 24.7. The first-order chi connectivity index (χ1) is 16.8. The van der Waals surface area contributed by atoms with Gasteiger partial charge in [0.25, 0.3) is 0 Å². The molecule has 3 N–H and O–H groups in total. The second-order valence-electron chi connectivity index (χ2n) is 12.8. The Morgan fingerprint density at radius 1 is 0.971 bits per heavy atom. The largest absolute Gasteiger partial charge is 0.508 e. The van der Waals surface area contributed by atoms with E-state index in [1.165, 1.54) is 68.9 Å². The summed E-state index contributed by atoms with van der Waals surface area (Å²) in [7, 11) is 0. The minimum atomic E-state index is -0.676. The molecule has 4 atom stereocenters. The van der Waals surface area contributed by atoms with E-state index in [0.717, 1.165) is 44.9 Å². The van der Waals surface area contributed by atoms with Gasteiger partial charge in [-0.05, 0) is 104 Å². The van der Waals surface area contributed by atoms with E-state index in [-0.39, 0.29) is 5.41 Å². The predicted molar refractivity (Wildman–Crippen MR) is 139 cm³/mol. The molecular weight excluding hydrogens is 436 g/mol. The first-order valence-electron chi connectivity index (χ1n) is 14.6. The SMILES string of the molecule is C[C@]12C[C@H](CCCCCCCCCCC(=O)O)[C@@H]3c4ccc(O)cc4CC[C@H]3C13CCC2(O)CC3. The summed E-state index contributed by atoms with van der Waals surface area (Å²) in [5.41, 5.74) is 2.79. The summed E-state index contributed by atoms with van der Waals surface area (Å²) in [5.74, 6) is 1.61. The third kappa shape index (κ3) is 4.22. The van der Waals surface area contributed by atoms with Crippen molar-refractivity contribution in [2.75, 3.05) is 0 Å². The molecule has 4 aliphatic rings. The van der Waals surface area contributed by atoms with Crippen molar-refractivity contribution in [3.05, 3.63) is 29.3 Å². The zero-order valence-corrected chi connectivity index (χ0v) is 21.7. The molecule has 0 aliphatic heterocycles. The van der Waals surface area contributed by atoms with Crippen molar-refractivity contribution in [1.82, 2.24) is 0 Å². The second-order valence-corrected chi connectivity index (χ2v) is 12.8. The Balaban J connectivity index is 1.22. The Bertz CT molecular complexity index is 915. The van der Waals surface area contributed by atoms with Crippen molar-refractivity contribution in [3.63, 3.8) is 0 Å². The topological polar surface area (TPSA) is 77.8 Å². The molecule has 0 radical (unpaired) electrons. The number of unbranched alkanes of at least 4 members (excludes halogenated alkanes) is 7. The average molecular weight is 483 g/mol. The van der Waals surface area contributed by atoms with Crippen molar-refractivity contribution >= 4 is 5.97 Å². The number of aliphatic carboxylic acids is 1. The maximum Gasteiger partial charge on any atom is 0.303 e. The molecule has 2 bridgehead atoms. The second kappa shape index (κ2) is 9.72. The molecule has 4 nitrogen and oxygen atoms in total. The number of aryl methyl sites for hydroxylation is 1. The number of rotatable bonds is 11. The van der Waals surface area contributed by atoms with Gasteiger partial charge in [0.1, 0.15) is 5.75 Å². The molecule has 0 spiro atoms. The third-order valence-electron chi connectivity index (χ3n) is 11.3. The summed E-state index contributed by atoms with van der Waals surface area (Å²) in [4.78, 5) is 10.6. The number of phenols is 1. The smallest absolute Gasteiger partial charge is 0.303 e. The van der Waals surface area contributed by atoms with Gasteiger partial charge in [0.2, 0.25) is 0 Å². The van der Waals surface area contributed by atoms with E-state index in [2.05, 4.69) is 13.0 Å². The molecule has 0 aromatic heterocycles. The van der Waals surface area contributed by atoms with Crippen LogP contribution in [0, 0.1) is 22.7 Å². The molecule has 0 saturated heterocycles. The Morgan fingerprint density at radius 2 is 1.63 bits per heavy atom. The molecular formula is C31H46O4. The number of aromatic hydroxyl groups is 1. The van der Waals surface area contributed by atoms with Crippen LogP contribution in [0.5, 0.6) is 5.75 Å². The van der Waals surface area contributed by atoms with Crippen molar-refractivity contribution < 1.29 is 20.1 Å². The average Bonchev–Trinajstić information content (AvgIpc) is 3.19. The molecule has 0 amide bonds. The molecule has 4 heteroatoms. The molecule has 5 rings (SSSR count). The molecule has 0 unspecified atom stereocenters. The summed E-state index contributed by atoms with van der Waals surface area (Å²) in [6.45, 7) is 2.45. The van der Waals surface area contributed by atoms with Crippen molar-refractivity contribution in [1.29, 1.82) is 0 Å². The number of benzene rings is 1. The van der Waals surface area contributed by atoms with Crippen molar-refractivity contribution in [2.24, 2.45) is 22.7 Å². The van der Waals surface area contributed by atoms with Crippen molar-refractivity contribution in [2.45, 2.75) is 128 Å². The van der Waals surface area contributed by atoms with E-state index in [9.17, 15) is 15.0 Å². The number of phenolic OH excluding ortho intramolecular Hbond substituents is 1. The van der Waals surface area contributed by atoms with Crippen LogP contribution in [0.4, 0.5) is 0 Å². The first-order valence-corrected chi connectivity index (χ1v) is 14.6. The van der Waals surface area contributed by atoms with Crippen LogP contribution in [-0.4, -0.2) is 26.9 Å².